The number of Topliss-reactive ketones (excluding diaryl/α,β-unsaturated/α-hetero) is 2. The Morgan fingerprint density at radius 1 is 0.915 bits per heavy atom. The second-order valence-electron chi connectivity index (χ2n) is 20.9. The number of nitrogens with two attached hydrogens (primary N) is 1. The molecule has 332 valence electrons. The van der Waals surface area contributed by atoms with E-state index >= 15 is 0 Å². The van der Waals surface area contributed by atoms with Crippen molar-refractivity contribution in [3.8, 4) is 11.8 Å². The first-order valence-corrected chi connectivity index (χ1v) is 24.6. The van der Waals surface area contributed by atoms with Crippen molar-refractivity contribution in [1.82, 2.24) is 10.6 Å². The quantitative estimate of drug-likeness (QED) is 0.0866. The Labute approximate surface area is 356 Å². The van der Waals surface area contributed by atoms with Crippen LogP contribution in [0.3, 0.4) is 0 Å². The highest BCUT2D eigenvalue weighted by Crippen LogP contribution is 2.47. The first-order chi connectivity index (χ1) is 28.5. The summed E-state index contributed by atoms with van der Waals surface area (Å²) in [5.74, 6) is 11.3. The van der Waals surface area contributed by atoms with Crippen LogP contribution in [0.1, 0.15) is 155 Å². The molecule has 59 heavy (non-hydrogen) atoms. The third kappa shape index (κ3) is 11.3. The molecule has 0 aromatic heterocycles. The van der Waals surface area contributed by atoms with Gasteiger partial charge < -0.3 is 36.4 Å². The van der Waals surface area contributed by atoms with Gasteiger partial charge in [0.1, 0.15) is 11.2 Å². The summed E-state index contributed by atoms with van der Waals surface area (Å²) in [4.78, 5) is 26.3. The number of carbonyl (C=O) groups excluding carboxylic acids is 2. The van der Waals surface area contributed by atoms with Crippen LogP contribution in [0, 0.1) is 76.4 Å². The largest absolute Gasteiger partial charge is 0.393 e. The number of piperidine rings is 2. The highest BCUT2D eigenvalue weighted by atomic mass is 16.5. The number of methoxy groups -OCH3 is 1. The molecule has 5 aliphatic carbocycles. The lowest BCUT2D eigenvalue weighted by Crippen LogP contribution is -2.50. The van der Waals surface area contributed by atoms with Gasteiger partial charge in [0.2, 0.25) is 0 Å². The lowest BCUT2D eigenvalue weighted by molar-refractivity contribution is -0.135. The molecular weight excluding hydrogens is 739 g/mol. The minimum Gasteiger partial charge on any atom is -0.393 e. The Hall–Kier alpha value is -1.64. The Kier molecular flexibility index (Phi) is 16.3. The summed E-state index contributed by atoms with van der Waals surface area (Å²) in [6.45, 7) is 4.17. The Bertz CT molecular complexity index is 1470. The van der Waals surface area contributed by atoms with E-state index in [1.54, 1.807) is 7.11 Å². The summed E-state index contributed by atoms with van der Waals surface area (Å²) in [5.41, 5.74) is 5.45. The van der Waals surface area contributed by atoms with Gasteiger partial charge in [0.15, 0.2) is 5.78 Å². The molecule has 0 amide bonds. The van der Waals surface area contributed by atoms with Gasteiger partial charge in [0.25, 0.3) is 0 Å². The minimum atomic E-state index is -1.05. The zero-order chi connectivity index (χ0) is 41.5. The van der Waals surface area contributed by atoms with E-state index < -0.39 is 23.7 Å². The van der Waals surface area contributed by atoms with Crippen LogP contribution in [-0.4, -0.2) is 83.7 Å². The number of nitrogens with one attached hydrogen (secondary N) is 2. The number of hydrogen-bond acceptors (Lipinski definition) is 9. The van der Waals surface area contributed by atoms with Gasteiger partial charge in [-0.3, -0.25) is 9.59 Å². The number of allylic oxidation sites excluding steroid dienone is 2. The third-order valence-electron chi connectivity index (χ3n) is 17.3. The van der Waals surface area contributed by atoms with Crippen molar-refractivity contribution in [2.75, 3.05) is 20.2 Å². The number of hydrogen-bond donors (Lipinski definition) is 6. The number of ether oxygens (including phenoxy) is 1. The first-order valence-electron chi connectivity index (χ1n) is 24.6. The van der Waals surface area contributed by atoms with Crippen LogP contribution in [0.25, 0.3) is 0 Å². The number of carbonyl (C=O) groups is 2. The molecule has 7 aliphatic rings. The van der Waals surface area contributed by atoms with Gasteiger partial charge in [-0.25, -0.2) is 0 Å². The van der Waals surface area contributed by atoms with Gasteiger partial charge in [-0.1, -0.05) is 63.0 Å². The highest BCUT2D eigenvalue weighted by Gasteiger charge is 2.49. The number of fused-ring (bicyclic) bond motifs is 2. The van der Waals surface area contributed by atoms with Gasteiger partial charge in [0, 0.05) is 38.3 Å². The normalized spacial score (nSPS) is 42.2. The Balaban J connectivity index is 1.03. The summed E-state index contributed by atoms with van der Waals surface area (Å²) in [5, 5.41) is 42.3. The van der Waals surface area contributed by atoms with Crippen molar-refractivity contribution in [1.29, 1.82) is 0 Å². The average Bonchev–Trinajstić information content (AvgIpc) is 3.29. The van der Waals surface area contributed by atoms with Crippen LogP contribution in [0.4, 0.5) is 0 Å². The fraction of sp³-hybridized carbons (Fsp3) is 0.880. The van der Waals surface area contributed by atoms with Crippen LogP contribution in [0.2, 0.25) is 0 Å². The molecule has 7 N–H and O–H groups in total. The van der Waals surface area contributed by atoms with E-state index in [1.165, 1.54) is 38.5 Å². The lowest BCUT2D eigenvalue weighted by atomic mass is 9.64. The molecule has 0 aromatic carbocycles. The minimum absolute atomic E-state index is 0.0155. The van der Waals surface area contributed by atoms with E-state index in [1.807, 2.05) is 0 Å². The highest BCUT2D eigenvalue weighted by molar-refractivity contribution is 5.89. The van der Waals surface area contributed by atoms with Gasteiger partial charge in [0.05, 0.1) is 30.6 Å². The monoisotopic (exact) mass is 820 g/mol. The molecule has 7 rings (SSSR count). The fourth-order valence-corrected chi connectivity index (χ4v) is 13.4. The molecule has 0 aromatic rings. The van der Waals surface area contributed by atoms with Crippen molar-refractivity contribution >= 4 is 11.6 Å². The summed E-state index contributed by atoms with van der Waals surface area (Å²) in [6.07, 6.45) is 23.6. The molecule has 9 heteroatoms. The van der Waals surface area contributed by atoms with Crippen LogP contribution in [-0.2, 0) is 14.3 Å². The second-order valence-corrected chi connectivity index (χ2v) is 20.9. The summed E-state index contributed by atoms with van der Waals surface area (Å²) in [6, 6.07) is 0.355. The number of rotatable bonds is 13. The van der Waals surface area contributed by atoms with Gasteiger partial charge >= 0.3 is 0 Å². The van der Waals surface area contributed by atoms with E-state index in [0.717, 1.165) is 58.0 Å². The first kappa shape index (κ1) is 45.4. The van der Waals surface area contributed by atoms with E-state index in [4.69, 9.17) is 10.5 Å². The molecular formula is C50H81N3O6. The van der Waals surface area contributed by atoms with Crippen LogP contribution >= 0.6 is 0 Å². The average molecular weight is 820 g/mol. The van der Waals surface area contributed by atoms with Crippen molar-refractivity contribution in [3.63, 3.8) is 0 Å². The number of ketones is 2. The van der Waals surface area contributed by atoms with Crippen LogP contribution < -0.4 is 16.4 Å². The summed E-state index contributed by atoms with van der Waals surface area (Å²) >= 11 is 0. The smallest absolute Gasteiger partial charge is 0.153 e. The van der Waals surface area contributed by atoms with Crippen LogP contribution in [0.15, 0.2) is 12.2 Å². The molecule has 0 radical (unpaired) electrons. The molecule has 0 bridgehead atoms. The van der Waals surface area contributed by atoms with Crippen molar-refractivity contribution in [3.05, 3.63) is 12.2 Å². The van der Waals surface area contributed by atoms with Gasteiger partial charge in [-0.2, -0.15) is 0 Å². The van der Waals surface area contributed by atoms with Gasteiger partial charge in [-0.05, 0) is 163 Å². The molecule has 2 aliphatic heterocycles. The molecule has 1 spiro atoms. The standard InChI is InChI=1S/C50H81N3O6/c1-3-35-31-53-49(51)29-43(35)37(12-11-32-7-5-4-6-8-32)25-40(54)16-13-36-20-22-50(47(57)18-15-38-26-46(59-2)45(56)28-42(36)38)21-19-33(24-48(50)58)9-10-34-23-39-14-17-41(55)27-44(39)52-30-34/h11-12,32-40,42-46,48-49,52-54,56,58H,3-10,13-19,21,23-31,51H2,1-2H3. The maximum absolute atomic E-state index is 14.3. The van der Waals surface area contributed by atoms with Crippen molar-refractivity contribution in [2.24, 2.45) is 70.3 Å². The predicted octanol–water partition coefficient (Wildman–Crippen LogP) is 6.85. The lowest BCUT2D eigenvalue weighted by Gasteiger charge is -2.42. The molecule has 6 fully saturated rings. The molecule has 2 saturated heterocycles. The molecule has 2 heterocycles. The third-order valence-corrected chi connectivity index (χ3v) is 17.3. The molecule has 4 saturated carbocycles. The topological polar surface area (TPSA) is 154 Å². The zero-order valence-corrected chi connectivity index (χ0v) is 36.7. The van der Waals surface area contributed by atoms with E-state index in [2.05, 4.69) is 41.6 Å². The fourth-order valence-electron chi connectivity index (χ4n) is 13.4. The second kappa shape index (κ2) is 21.2. The van der Waals surface area contributed by atoms with Crippen LogP contribution in [0.5, 0.6) is 0 Å². The molecule has 16 atom stereocenters. The van der Waals surface area contributed by atoms with E-state index in [0.29, 0.717) is 112 Å². The molecule has 9 nitrogen and oxygen atoms in total. The van der Waals surface area contributed by atoms with E-state index in [-0.39, 0.29) is 41.7 Å². The number of aliphatic hydroxyl groups excluding tert-OH is 3. The molecule has 16 unspecified atom stereocenters. The SMILES string of the molecule is CCC1CNC(N)CC1C(C=CC1CCCCC1)CC(O)CCC1C#CC2(CCC(CCC3CNC4CC(=O)CCC4C3)CC2O)C(=O)CCC2CC(OC)C(O)CC12. The predicted molar refractivity (Wildman–Crippen MR) is 233 cm³/mol. The van der Waals surface area contributed by atoms with Crippen molar-refractivity contribution in [2.45, 2.75) is 191 Å². The Morgan fingerprint density at radius 2 is 1.71 bits per heavy atom. The van der Waals surface area contributed by atoms with Crippen molar-refractivity contribution < 1.29 is 29.6 Å². The zero-order valence-electron chi connectivity index (χ0n) is 36.7. The summed E-state index contributed by atoms with van der Waals surface area (Å²) in [7, 11) is 1.67. The Morgan fingerprint density at radius 3 is 2.49 bits per heavy atom. The van der Waals surface area contributed by atoms with E-state index in [9.17, 15) is 24.9 Å². The maximum atomic E-state index is 14.3. The summed E-state index contributed by atoms with van der Waals surface area (Å²) < 4.78 is 5.76. The van der Waals surface area contributed by atoms with Gasteiger partial charge in [-0.15, -0.1) is 0 Å². The number of aliphatic hydroxyl groups is 3. The maximum Gasteiger partial charge on any atom is 0.153 e.